The predicted octanol–water partition coefficient (Wildman–Crippen LogP) is 15.1. The van der Waals surface area contributed by atoms with E-state index < -0.39 is 16.2 Å². The number of fused-ring (bicyclic) bond motifs is 9. The standard InChI is InChI=1S/C66H92O6/c1-42(2)46-17-23-55-49(32-46)14-20-52-35-60(8,26-29-63(52,55)11)45(7)70-39-66(38-67,40-71-58(68)61(9)27-30-64(12)53(36-61)21-15-50-33-47(43(3)4)18-24-56(50)64)41-72-59(69)62(10)28-31-65(13)54(37-62)22-16-51-34-48(44(5)6)19-25-57(51)65/h17-19,23-25,32-34,42-44,52-54,67H,7,14-16,20-22,26-31,35-41H2,1-6,8-13H3. The highest BCUT2D eigenvalue weighted by atomic mass is 16.6. The SMILES string of the molecule is C=C(OCC(CO)(COC(=O)C1(C)CCC2(C)c3ccc(C(C)C)cc3CCC2C1)COC(=O)C1(C)CCC2(C)c3ccc(C(C)C)cc3CCC2C1)C1(C)CCC2(C)c3ccc(C(C)C)cc3CCC2C1. The Kier molecular flexibility index (Phi) is 14.2. The van der Waals surface area contributed by atoms with Crippen LogP contribution in [0.25, 0.3) is 0 Å². The highest BCUT2D eigenvalue weighted by molar-refractivity contribution is 5.77. The first kappa shape index (κ1) is 52.9. The Balaban J connectivity index is 0.909. The van der Waals surface area contributed by atoms with Crippen molar-refractivity contribution in [2.45, 2.75) is 213 Å². The summed E-state index contributed by atoms with van der Waals surface area (Å²) in [6.45, 7) is 31.4. The summed E-state index contributed by atoms with van der Waals surface area (Å²) in [5.74, 6) is 2.93. The summed E-state index contributed by atoms with van der Waals surface area (Å²) in [4.78, 5) is 29.3. The number of aliphatic hydroxyl groups is 1. The van der Waals surface area contributed by atoms with Crippen LogP contribution in [0.15, 0.2) is 66.9 Å². The molecule has 0 heterocycles. The molecule has 3 fully saturated rings. The van der Waals surface area contributed by atoms with Gasteiger partial charge in [0.25, 0.3) is 0 Å². The molecule has 9 unspecified atom stereocenters. The lowest BCUT2D eigenvalue weighted by Crippen LogP contribution is -2.50. The smallest absolute Gasteiger partial charge is 0.311 e. The average molecular weight is 981 g/mol. The van der Waals surface area contributed by atoms with E-state index in [-0.39, 0.29) is 60.0 Å². The molecule has 9 atom stereocenters. The second-order valence-corrected chi connectivity index (χ2v) is 27.5. The van der Waals surface area contributed by atoms with E-state index in [1.807, 2.05) is 0 Å². The number of carbonyl (C=O) groups is 2. The molecule has 0 amide bonds. The molecule has 72 heavy (non-hydrogen) atoms. The van der Waals surface area contributed by atoms with Crippen molar-refractivity contribution in [3.8, 4) is 0 Å². The van der Waals surface area contributed by atoms with E-state index in [2.05, 4.69) is 144 Å². The van der Waals surface area contributed by atoms with Crippen LogP contribution in [0.2, 0.25) is 0 Å². The van der Waals surface area contributed by atoms with Gasteiger partial charge in [-0.1, -0.05) is 130 Å². The van der Waals surface area contributed by atoms with Crippen LogP contribution in [0.4, 0.5) is 0 Å². The number of aryl methyl sites for hydroxylation is 3. The number of carbonyl (C=O) groups excluding carboxylic acids is 2. The van der Waals surface area contributed by atoms with E-state index in [1.54, 1.807) is 0 Å². The molecule has 0 aromatic heterocycles. The third kappa shape index (κ3) is 9.35. The summed E-state index contributed by atoms with van der Waals surface area (Å²) in [5, 5.41) is 11.6. The van der Waals surface area contributed by atoms with Gasteiger partial charge in [-0.05, 0) is 212 Å². The van der Waals surface area contributed by atoms with Gasteiger partial charge in [0.2, 0.25) is 0 Å². The molecule has 6 heteroatoms. The van der Waals surface area contributed by atoms with Crippen molar-refractivity contribution in [1.82, 2.24) is 0 Å². The normalized spacial score (nSPS) is 33.6. The van der Waals surface area contributed by atoms with Gasteiger partial charge < -0.3 is 19.3 Å². The highest BCUT2D eigenvalue weighted by Gasteiger charge is 2.55. The first-order valence-electron chi connectivity index (χ1n) is 28.6. The van der Waals surface area contributed by atoms with Crippen LogP contribution >= 0.6 is 0 Å². The molecule has 9 rings (SSSR count). The molecule has 6 nitrogen and oxygen atoms in total. The van der Waals surface area contributed by atoms with Crippen LogP contribution in [0.1, 0.15) is 228 Å². The van der Waals surface area contributed by atoms with Gasteiger partial charge in [-0.3, -0.25) is 9.59 Å². The molecule has 0 saturated heterocycles. The number of aliphatic hydroxyl groups excluding tert-OH is 1. The zero-order valence-corrected chi connectivity index (χ0v) is 46.8. The molecule has 1 N–H and O–H groups in total. The number of hydrogen-bond donors (Lipinski definition) is 1. The van der Waals surface area contributed by atoms with Crippen LogP contribution < -0.4 is 0 Å². The van der Waals surface area contributed by atoms with Crippen molar-refractivity contribution in [2.24, 2.45) is 39.4 Å². The van der Waals surface area contributed by atoms with Crippen LogP contribution in [-0.4, -0.2) is 43.5 Å². The number of benzene rings is 3. The lowest BCUT2D eigenvalue weighted by Gasteiger charge is -2.52. The molecule has 0 radical (unpaired) electrons. The molecule has 0 aliphatic heterocycles. The Morgan fingerprint density at radius 1 is 0.528 bits per heavy atom. The Morgan fingerprint density at radius 3 is 1.18 bits per heavy atom. The quantitative estimate of drug-likeness (QED) is 0.128. The average Bonchev–Trinajstić information content (AvgIpc) is 3.36. The van der Waals surface area contributed by atoms with Gasteiger partial charge in [0.15, 0.2) is 0 Å². The number of rotatable bonds is 14. The number of ether oxygens (including phenoxy) is 3. The first-order valence-corrected chi connectivity index (χ1v) is 28.6. The van der Waals surface area contributed by atoms with Gasteiger partial charge in [-0.15, -0.1) is 0 Å². The second kappa shape index (κ2) is 19.3. The monoisotopic (exact) mass is 981 g/mol. The molecular weight excluding hydrogens is 889 g/mol. The predicted molar refractivity (Wildman–Crippen MR) is 291 cm³/mol. The highest BCUT2D eigenvalue weighted by Crippen LogP contribution is 2.59. The van der Waals surface area contributed by atoms with Crippen LogP contribution in [0, 0.1) is 39.4 Å². The van der Waals surface area contributed by atoms with Gasteiger partial charge >= 0.3 is 11.9 Å². The van der Waals surface area contributed by atoms with E-state index in [1.165, 1.54) is 50.1 Å². The molecule has 0 bridgehead atoms. The van der Waals surface area contributed by atoms with Gasteiger partial charge in [-0.2, -0.15) is 0 Å². The largest absolute Gasteiger partial charge is 0.497 e. The molecule has 3 aromatic carbocycles. The van der Waals surface area contributed by atoms with Gasteiger partial charge in [-0.25, -0.2) is 0 Å². The summed E-state index contributed by atoms with van der Waals surface area (Å²) in [7, 11) is 0. The van der Waals surface area contributed by atoms with E-state index in [0.717, 1.165) is 96.3 Å². The van der Waals surface area contributed by atoms with Gasteiger partial charge in [0.05, 0.1) is 28.6 Å². The molecular formula is C66H92O6. The fourth-order valence-corrected chi connectivity index (χ4v) is 15.4. The zero-order chi connectivity index (χ0) is 51.8. The van der Waals surface area contributed by atoms with Gasteiger partial charge in [0, 0.05) is 5.41 Å². The molecule has 0 spiro atoms. The van der Waals surface area contributed by atoms with Crippen molar-refractivity contribution < 1.29 is 28.9 Å². The van der Waals surface area contributed by atoms with E-state index in [4.69, 9.17) is 14.2 Å². The fraction of sp³-hybridized carbons (Fsp3) is 0.667. The zero-order valence-electron chi connectivity index (χ0n) is 46.8. The maximum Gasteiger partial charge on any atom is 0.311 e. The number of esters is 2. The van der Waals surface area contributed by atoms with Crippen LogP contribution in [0.5, 0.6) is 0 Å². The maximum atomic E-state index is 14.6. The van der Waals surface area contributed by atoms with Gasteiger partial charge in [0.1, 0.15) is 19.8 Å². The van der Waals surface area contributed by atoms with E-state index >= 15 is 0 Å². The Labute approximate surface area is 435 Å². The van der Waals surface area contributed by atoms with Crippen molar-refractivity contribution in [3.63, 3.8) is 0 Å². The molecule has 3 aromatic rings. The second-order valence-electron chi connectivity index (χ2n) is 27.5. The maximum absolute atomic E-state index is 14.6. The topological polar surface area (TPSA) is 82.1 Å². The number of allylic oxidation sites excluding steroid dienone is 1. The first-order chi connectivity index (χ1) is 33.9. The Bertz CT molecular complexity index is 2280. The minimum atomic E-state index is -1.18. The molecule has 6 aliphatic carbocycles. The summed E-state index contributed by atoms with van der Waals surface area (Å²) in [6, 6.07) is 21.4. The van der Waals surface area contributed by atoms with Crippen LogP contribution in [-0.2, 0) is 59.3 Å². The van der Waals surface area contributed by atoms with Crippen molar-refractivity contribution >= 4 is 11.9 Å². The third-order valence-corrected chi connectivity index (χ3v) is 21.5. The Hall–Kier alpha value is -3.90. The Morgan fingerprint density at radius 2 is 0.847 bits per heavy atom. The van der Waals surface area contributed by atoms with Crippen molar-refractivity contribution in [2.75, 3.05) is 26.4 Å². The minimum Gasteiger partial charge on any atom is -0.497 e. The van der Waals surface area contributed by atoms with Crippen LogP contribution in [0.3, 0.4) is 0 Å². The fourth-order valence-electron chi connectivity index (χ4n) is 15.4. The minimum absolute atomic E-state index is 0.0100. The molecule has 3 saturated carbocycles. The lowest BCUT2D eigenvalue weighted by atomic mass is 9.52. The third-order valence-electron chi connectivity index (χ3n) is 21.5. The van der Waals surface area contributed by atoms with Crippen molar-refractivity contribution in [1.29, 1.82) is 0 Å². The summed E-state index contributed by atoms with van der Waals surface area (Å²) in [6.07, 6.45) is 14.1. The molecule has 6 aliphatic rings. The van der Waals surface area contributed by atoms with E-state index in [0.29, 0.717) is 41.3 Å². The van der Waals surface area contributed by atoms with Crippen molar-refractivity contribution in [3.05, 3.63) is 117 Å². The van der Waals surface area contributed by atoms with E-state index in [9.17, 15) is 14.7 Å². The summed E-state index contributed by atoms with van der Waals surface area (Å²) >= 11 is 0. The summed E-state index contributed by atoms with van der Waals surface area (Å²) < 4.78 is 19.7. The lowest BCUT2D eigenvalue weighted by molar-refractivity contribution is -0.175. The number of hydrogen-bond acceptors (Lipinski definition) is 6. The molecule has 392 valence electrons. The summed E-state index contributed by atoms with van der Waals surface area (Å²) in [5.41, 5.74) is 10.4.